The number of fused-ring (bicyclic) bond motifs is 1. The van der Waals surface area contributed by atoms with E-state index in [1.165, 1.54) is 0 Å². The van der Waals surface area contributed by atoms with Gasteiger partial charge in [-0.2, -0.15) is 0 Å². The van der Waals surface area contributed by atoms with Crippen molar-refractivity contribution >= 4 is 5.52 Å². The molecule has 84 valence electrons. The van der Waals surface area contributed by atoms with Crippen LogP contribution in [-0.2, 0) is 6.54 Å². The zero-order valence-electron chi connectivity index (χ0n) is 9.38. The Hall–Kier alpha value is -2.13. The quantitative estimate of drug-likeness (QED) is 0.725. The largest absolute Gasteiger partial charge is 0.326 e. The highest BCUT2D eigenvalue weighted by Gasteiger charge is 2.05. The highest BCUT2D eigenvalue weighted by atomic mass is 15.0. The van der Waals surface area contributed by atoms with Crippen LogP contribution in [0.15, 0.2) is 54.9 Å². The van der Waals surface area contributed by atoms with Crippen molar-refractivity contribution in [2.24, 2.45) is 5.73 Å². The molecule has 0 fully saturated rings. The van der Waals surface area contributed by atoms with E-state index in [9.17, 15) is 0 Å². The third kappa shape index (κ3) is 1.70. The Labute approximate surface area is 99.5 Å². The first kappa shape index (κ1) is 10.1. The van der Waals surface area contributed by atoms with Gasteiger partial charge in [0.25, 0.3) is 0 Å². The molecule has 0 amide bonds. The Balaban J connectivity index is 2.19. The molecule has 2 N–H and O–H groups in total. The summed E-state index contributed by atoms with van der Waals surface area (Å²) < 4.78 is 2.08. The van der Waals surface area contributed by atoms with Crippen molar-refractivity contribution in [3.63, 3.8) is 0 Å². The van der Waals surface area contributed by atoms with Crippen molar-refractivity contribution in [1.29, 1.82) is 0 Å². The van der Waals surface area contributed by atoms with Crippen LogP contribution in [-0.4, -0.2) is 9.38 Å². The SMILES string of the molecule is NCc1ccn2c(-c3ccccc3)ncc2c1. The molecular weight excluding hydrogens is 210 g/mol. The first-order valence-corrected chi connectivity index (χ1v) is 5.60. The molecule has 3 rings (SSSR count). The lowest BCUT2D eigenvalue weighted by Gasteiger charge is -2.02. The van der Waals surface area contributed by atoms with E-state index in [1.807, 2.05) is 36.7 Å². The molecule has 0 radical (unpaired) electrons. The van der Waals surface area contributed by atoms with Gasteiger partial charge in [-0.1, -0.05) is 30.3 Å². The fourth-order valence-electron chi connectivity index (χ4n) is 1.97. The number of hydrogen-bond donors (Lipinski definition) is 1. The molecule has 0 aliphatic heterocycles. The van der Waals surface area contributed by atoms with Crippen molar-refractivity contribution in [1.82, 2.24) is 9.38 Å². The lowest BCUT2D eigenvalue weighted by atomic mass is 10.2. The molecule has 2 aromatic heterocycles. The van der Waals surface area contributed by atoms with Gasteiger partial charge >= 0.3 is 0 Å². The van der Waals surface area contributed by atoms with E-state index in [0.29, 0.717) is 6.54 Å². The van der Waals surface area contributed by atoms with Crippen LogP contribution < -0.4 is 5.73 Å². The fourth-order valence-corrected chi connectivity index (χ4v) is 1.97. The highest BCUT2D eigenvalue weighted by molar-refractivity contribution is 5.62. The lowest BCUT2D eigenvalue weighted by Crippen LogP contribution is -1.97. The molecule has 0 bridgehead atoms. The third-order valence-electron chi connectivity index (χ3n) is 2.86. The summed E-state index contributed by atoms with van der Waals surface area (Å²) >= 11 is 0. The molecule has 17 heavy (non-hydrogen) atoms. The monoisotopic (exact) mass is 223 g/mol. The van der Waals surface area contributed by atoms with Gasteiger partial charge in [-0.3, -0.25) is 4.40 Å². The Morgan fingerprint density at radius 3 is 2.71 bits per heavy atom. The average molecular weight is 223 g/mol. The highest BCUT2D eigenvalue weighted by Crippen LogP contribution is 2.19. The number of hydrogen-bond acceptors (Lipinski definition) is 2. The van der Waals surface area contributed by atoms with E-state index in [-0.39, 0.29) is 0 Å². The predicted molar refractivity (Wildman–Crippen MR) is 68.5 cm³/mol. The van der Waals surface area contributed by atoms with Crippen molar-refractivity contribution in [3.8, 4) is 11.4 Å². The summed E-state index contributed by atoms with van der Waals surface area (Å²) in [5.41, 5.74) is 8.95. The molecule has 2 heterocycles. The Morgan fingerprint density at radius 2 is 1.94 bits per heavy atom. The van der Waals surface area contributed by atoms with Gasteiger partial charge in [0, 0.05) is 18.3 Å². The van der Waals surface area contributed by atoms with Crippen LogP contribution in [0, 0.1) is 0 Å². The number of aromatic nitrogens is 2. The number of benzene rings is 1. The van der Waals surface area contributed by atoms with Crippen molar-refractivity contribution in [2.45, 2.75) is 6.54 Å². The smallest absolute Gasteiger partial charge is 0.144 e. The van der Waals surface area contributed by atoms with Crippen LogP contribution in [0.3, 0.4) is 0 Å². The van der Waals surface area contributed by atoms with Gasteiger partial charge in [-0.15, -0.1) is 0 Å². The Morgan fingerprint density at radius 1 is 1.12 bits per heavy atom. The summed E-state index contributed by atoms with van der Waals surface area (Å²) in [6.07, 6.45) is 3.90. The standard InChI is InChI=1S/C14H13N3/c15-9-11-6-7-17-13(8-11)10-16-14(17)12-4-2-1-3-5-12/h1-8,10H,9,15H2. The van der Waals surface area contributed by atoms with Crippen molar-refractivity contribution in [2.75, 3.05) is 0 Å². The Bertz CT molecular complexity index is 641. The lowest BCUT2D eigenvalue weighted by molar-refractivity contribution is 1.05. The minimum atomic E-state index is 0.558. The fraction of sp³-hybridized carbons (Fsp3) is 0.0714. The average Bonchev–Trinajstić information content (AvgIpc) is 2.82. The van der Waals surface area contributed by atoms with Crippen molar-refractivity contribution < 1.29 is 0 Å². The van der Waals surface area contributed by atoms with Crippen LogP contribution >= 0.6 is 0 Å². The van der Waals surface area contributed by atoms with Gasteiger partial charge in [0.2, 0.25) is 0 Å². The number of imidazole rings is 1. The zero-order chi connectivity index (χ0) is 11.7. The van der Waals surface area contributed by atoms with Gasteiger partial charge in [0.1, 0.15) is 5.82 Å². The molecule has 0 unspecified atom stereocenters. The van der Waals surface area contributed by atoms with E-state index in [4.69, 9.17) is 5.73 Å². The second-order valence-electron chi connectivity index (χ2n) is 3.98. The van der Waals surface area contributed by atoms with Crippen LogP contribution in [0.4, 0.5) is 0 Å². The second kappa shape index (κ2) is 4.03. The molecule has 3 aromatic rings. The predicted octanol–water partition coefficient (Wildman–Crippen LogP) is 2.46. The summed E-state index contributed by atoms with van der Waals surface area (Å²) in [7, 11) is 0. The van der Waals surface area contributed by atoms with E-state index in [2.05, 4.69) is 27.6 Å². The summed E-state index contributed by atoms with van der Waals surface area (Å²) in [6.45, 7) is 0.558. The molecule has 0 aliphatic carbocycles. The number of rotatable bonds is 2. The topological polar surface area (TPSA) is 43.3 Å². The normalized spacial score (nSPS) is 10.9. The second-order valence-corrected chi connectivity index (χ2v) is 3.98. The van der Waals surface area contributed by atoms with Gasteiger partial charge in [-0.25, -0.2) is 4.98 Å². The maximum atomic E-state index is 5.63. The summed E-state index contributed by atoms with van der Waals surface area (Å²) in [4.78, 5) is 4.46. The van der Waals surface area contributed by atoms with E-state index < -0.39 is 0 Å². The molecule has 0 spiro atoms. The molecule has 0 saturated carbocycles. The van der Waals surface area contributed by atoms with Gasteiger partial charge in [0.15, 0.2) is 0 Å². The van der Waals surface area contributed by atoms with Crippen molar-refractivity contribution in [3.05, 3.63) is 60.4 Å². The number of pyridine rings is 1. The molecular formula is C14H13N3. The first-order chi connectivity index (χ1) is 8.38. The molecule has 0 saturated heterocycles. The van der Waals surface area contributed by atoms with E-state index >= 15 is 0 Å². The Kier molecular flexibility index (Phi) is 2.38. The minimum Gasteiger partial charge on any atom is -0.326 e. The first-order valence-electron chi connectivity index (χ1n) is 5.60. The zero-order valence-corrected chi connectivity index (χ0v) is 9.38. The number of nitrogens with zero attached hydrogens (tertiary/aromatic N) is 2. The van der Waals surface area contributed by atoms with Crippen LogP contribution in [0.2, 0.25) is 0 Å². The van der Waals surface area contributed by atoms with Crippen LogP contribution in [0.1, 0.15) is 5.56 Å². The molecule has 0 atom stereocenters. The minimum absolute atomic E-state index is 0.558. The van der Waals surface area contributed by atoms with Crippen LogP contribution in [0.25, 0.3) is 16.9 Å². The third-order valence-corrected chi connectivity index (χ3v) is 2.86. The number of nitrogens with two attached hydrogens (primary N) is 1. The van der Waals surface area contributed by atoms with E-state index in [0.717, 1.165) is 22.5 Å². The summed E-state index contributed by atoms with van der Waals surface area (Å²) in [5.74, 6) is 0.962. The molecule has 1 aromatic carbocycles. The van der Waals surface area contributed by atoms with Gasteiger partial charge in [-0.05, 0) is 17.7 Å². The summed E-state index contributed by atoms with van der Waals surface area (Å²) in [6, 6.07) is 14.3. The molecule has 0 aliphatic rings. The van der Waals surface area contributed by atoms with E-state index in [1.54, 1.807) is 0 Å². The maximum Gasteiger partial charge on any atom is 0.144 e. The van der Waals surface area contributed by atoms with Gasteiger partial charge < -0.3 is 5.73 Å². The molecule has 3 heteroatoms. The molecule has 3 nitrogen and oxygen atoms in total. The summed E-state index contributed by atoms with van der Waals surface area (Å²) in [5, 5.41) is 0. The maximum absolute atomic E-state index is 5.63. The van der Waals surface area contributed by atoms with Crippen LogP contribution in [0.5, 0.6) is 0 Å². The van der Waals surface area contributed by atoms with Gasteiger partial charge in [0.05, 0.1) is 11.7 Å².